The van der Waals surface area contributed by atoms with Crippen LogP contribution in [0.15, 0.2) is 59.5 Å². The van der Waals surface area contributed by atoms with Crippen LogP contribution in [0.3, 0.4) is 0 Å². The monoisotopic (exact) mass is 382 g/mol. The molecule has 0 fully saturated rings. The summed E-state index contributed by atoms with van der Waals surface area (Å²) in [5, 5.41) is 0. The van der Waals surface area contributed by atoms with Crippen LogP contribution in [0.4, 0.5) is 0 Å². The predicted molar refractivity (Wildman–Crippen MR) is 117 cm³/mol. The molecular weight excluding hydrogens is 352 g/mol. The Morgan fingerprint density at radius 1 is 1.00 bits per heavy atom. The summed E-state index contributed by atoms with van der Waals surface area (Å²) in [6.45, 7) is 2.94. The topological polar surface area (TPSA) is 26.3 Å². The van der Waals surface area contributed by atoms with Crippen LogP contribution in [-0.2, 0) is 0 Å². The largest absolute Gasteiger partial charge is 0.494 e. The van der Waals surface area contributed by atoms with Crippen molar-refractivity contribution in [3.8, 4) is 5.75 Å². The lowest BCUT2D eigenvalue weighted by molar-refractivity contribution is 0.104. The molecule has 0 spiro atoms. The fraction of sp³-hybridized carbons (Fsp3) is 0.375. The van der Waals surface area contributed by atoms with E-state index in [1.165, 1.54) is 37.0 Å². The van der Waals surface area contributed by atoms with Gasteiger partial charge in [-0.1, -0.05) is 69.4 Å². The molecule has 0 unspecified atom stereocenters. The fourth-order valence-electron chi connectivity index (χ4n) is 2.79. The highest BCUT2D eigenvalue weighted by Gasteiger charge is 2.04. The van der Waals surface area contributed by atoms with Crippen molar-refractivity contribution in [2.24, 2.45) is 0 Å². The molecule has 144 valence electrons. The van der Waals surface area contributed by atoms with Gasteiger partial charge in [-0.3, -0.25) is 4.79 Å². The van der Waals surface area contributed by atoms with Crippen LogP contribution in [0.2, 0.25) is 0 Å². The van der Waals surface area contributed by atoms with E-state index >= 15 is 0 Å². The number of carbonyl (C=O) groups excluding carboxylic acids is 1. The average molecular weight is 383 g/mol. The van der Waals surface area contributed by atoms with Gasteiger partial charge in [0.25, 0.3) is 0 Å². The van der Waals surface area contributed by atoms with E-state index in [-0.39, 0.29) is 5.78 Å². The van der Waals surface area contributed by atoms with E-state index < -0.39 is 0 Å². The Balaban J connectivity index is 1.82. The number of hydrogen-bond donors (Lipinski definition) is 0. The maximum absolute atomic E-state index is 12.4. The first-order valence-electron chi connectivity index (χ1n) is 9.82. The van der Waals surface area contributed by atoms with E-state index in [1.54, 1.807) is 17.8 Å². The SMILES string of the molecule is CCCCCCCCOc1cccc(C(=O)/C=C/c2ccc(SC)cc2)c1. The molecule has 0 radical (unpaired) electrons. The van der Waals surface area contributed by atoms with Crippen LogP contribution in [-0.4, -0.2) is 18.6 Å². The third kappa shape index (κ3) is 8.04. The minimum absolute atomic E-state index is 0.00559. The molecular formula is C24H30O2S. The normalized spacial score (nSPS) is 11.0. The summed E-state index contributed by atoms with van der Waals surface area (Å²) < 4.78 is 5.81. The van der Waals surface area contributed by atoms with Crippen LogP contribution in [0.25, 0.3) is 6.08 Å². The predicted octanol–water partition coefficient (Wildman–Crippen LogP) is 7.04. The Bertz CT molecular complexity index is 719. The maximum Gasteiger partial charge on any atom is 0.185 e. The van der Waals surface area contributed by atoms with Gasteiger partial charge >= 0.3 is 0 Å². The van der Waals surface area contributed by atoms with Crippen molar-refractivity contribution in [1.29, 1.82) is 0 Å². The second-order valence-corrected chi connectivity index (χ2v) is 7.49. The molecule has 2 aromatic carbocycles. The van der Waals surface area contributed by atoms with Crippen molar-refractivity contribution in [1.82, 2.24) is 0 Å². The number of ketones is 1. The first-order valence-corrected chi connectivity index (χ1v) is 11.0. The zero-order valence-electron chi connectivity index (χ0n) is 16.4. The Morgan fingerprint density at radius 3 is 2.48 bits per heavy atom. The van der Waals surface area contributed by atoms with Crippen molar-refractivity contribution in [2.75, 3.05) is 12.9 Å². The molecule has 0 aliphatic rings. The zero-order chi connectivity index (χ0) is 19.3. The average Bonchev–Trinajstić information content (AvgIpc) is 2.72. The fourth-order valence-corrected chi connectivity index (χ4v) is 3.20. The van der Waals surface area contributed by atoms with Crippen LogP contribution in [0, 0.1) is 0 Å². The highest BCUT2D eigenvalue weighted by molar-refractivity contribution is 7.98. The lowest BCUT2D eigenvalue weighted by atomic mass is 10.1. The van der Waals surface area contributed by atoms with Crippen molar-refractivity contribution in [3.05, 3.63) is 65.7 Å². The highest BCUT2D eigenvalue weighted by atomic mass is 32.2. The van der Waals surface area contributed by atoms with Gasteiger partial charge in [-0.05, 0) is 48.6 Å². The summed E-state index contributed by atoms with van der Waals surface area (Å²) in [7, 11) is 0. The molecule has 0 atom stereocenters. The highest BCUT2D eigenvalue weighted by Crippen LogP contribution is 2.17. The van der Waals surface area contributed by atoms with Crippen molar-refractivity contribution >= 4 is 23.6 Å². The van der Waals surface area contributed by atoms with Crippen LogP contribution < -0.4 is 4.74 Å². The first kappa shape index (κ1) is 21.3. The van der Waals surface area contributed by atoms with Crippen molar-refractivity contribution in [2.45, 2.75) is 50.3 Å². The molecule has 0 N–H and O–H groups in total. The van der Waals surface area contributed by atoms with Crippen molar-refractivity contribution in [3.63, 3.8) is 0 Å². The van der Waals surface area contributed by atoms with E-state index in [0.29, 0.717) is 12.2 Å². The third-order valence-electron chi connectivity index (χ3n) is 4.43. The van der Waals surface area contributed by atoms with Gasteiger partial charge in [-0.15, -0.1) is 11.8 Å². The second-order valence-electron chi connectivity index (χ2n) is 6.61. The quantitative estimate of drug-likeness (QED) is 0.170. The summed E-state index contributed by atoms with van der Waals surface area (Å²) in [6, 6.07) is 15.6. The summed E-state index contributed by atoms with van der Waals surface area (Å²) in [5.41, 5.74) is 1.68. The summed E-state index contributed by atoms with van der Waals surface area (Å²) >= 11 is 1.71. The molecule has 0 aliphatic carbocycles. The number of thioether (sulfide) groups is 1. The van der Waals surface area contributed by atoms with Gasteiger partial charge in [0, 0.05) is 10.5 Å². The van der Waals surface area contributed by atoms with Gasteiger partial charge in [0.1, 0.15) is 5.75 Å². The lowest BCUT2D eigenvalue weighted by Crippen LogP contribution is -1.99. The molecule has 0 amide bonds. The zero-order valence-corrected chi connectivity index (χ0v) is 17.3. The number of ether oxygens (including phenoxy) is 1. The van der Waals surface area contributed by atoms with Gasteiger partial charge in [-0.25, -0.2) is 0 Å². The maximum atomic E-state index is 12.4. The van der Waals surface area contributed by atoms with Gasteiger partial charge in [0.2, 0.25) is 0 Å². The standard InChI is InChI=1S/C24H30O2S/c1-3-4-5-6-7-8-18-26-22-11-9-10-21(19-22)24(25)17-14-20-12-15-23(27-2)16-13-20/h9-17,19H,3-8,18H2,1-2H3/b17-14+. The summed E-state index contributed by atoms with van der Waals surface area (Å²) in [5.74, 6) is 0.765. The minimum atomic E-state index is -0.00559. The van der Waals surface area contributed by atoms with E-state index in [2.05, 4.69) is 25.3 Å². The van der Waals surface area contributed by atoms with Gasteiger partial charge in [0.05, 0.1) is 6.61 Å². The molecule has 0 saturated carbocycles. The van der Waals surface area contributed by atoms with E-state index in [9.17, 15) is 4.79 Å². The smallest absolute Gasteiger partial charge is 0.185 e. The molecule has 27 heavy (non-hydrogen) atoms. The van der Waals surface area contributed by atoms with Crippen molar-refractivity contribution < 1.29 is 9.53 Å². The Hall–Kier alpha value is -2.00. The minimum Gasteiger partial charge on any atom is -0.494 e. The van der Waals surface area contributed by atoms with E-state index in [1.807, 2.05) is 42.5 Å². The molecule has 0 heterocycles. The van der Waals surface area contributed by atoms with E-state index in [0.717, 1.165) is 17.7 Å². The number of unbranched alkanes of at least 4 members (excludes halogenated alkanes) is 5. The summed E-state index contributed by atoms with van der Waals surface area (Å²) in [6.07, 6.45) is 13.0. The summed E-state index contributed by atoms with van der Waals surface area (Å²) in [4.78, 5) is 13.6. The molecule has 0 aliphatic heterocycles. The Labute approximate surface area is 168 Å². The van der Waals surface area contributed by atoms with Crippen LogP contribution >= 0.6 is 11.8 Å². The molecule has 3 heteroatoms. The van der Waals surface area contributed by atoms with E-state index in [4.69, 9.17) is 4.74 Å². The molecule has 0 aromatic heterocycles. The van der Waals surface area contributed by atoms with Crippen LogP contribution in [0.5, 0.6) is 5.75 Å². The molecule has 0 saturated heterocycles. The number of hydrogen-bond acceptors (Lipinski definition) is 3. The first-order chi connectivity index (χ1) is 13.2. The van der Waals surface area contributed by atoms with Crippen LogP contribution in [0.1, 0.15) is 61.4 Å². The number of benzene rings is 2. The molecule has 2 aromatic rings. The number of rotatable bonds is 12. The van der Waals surface area contributed by atoms with Gasteiger partial charge in [0.15, 0.2) is 5.78 Å². The number of allylic oxidation sites excluding steroid dienone is 1. The Kier molecular flexibility index (Phi) is 9.78. The number of carbonyl (C=O) groups is 1. The lowest BCUT2D eigenvalue weighted by Gasteiger charge is -2.07. The Morgan fingerprint density at radius 2 is 1.74 bits per heavy atom. The second kappa shape index (κ2) is 12.4. The molecule has 2 rings (SSSR count). The van der Waals surface area contributed by atoms with Gasteiger partial charge in [-0.2, -0.15) is 0 Å². The molecule has 2 nitrogen and oxygen atoms in total. The third-order valence-corrected chi connectivity index (χ3v) is 5.17. The van der Waals surface area contributed by atoms with Gasteiger partial charge < -0.3 is 4.74 Å². The molecule has 0 bridgehead atoms.